The summed E-state index contributed by atoms with van der Waals surface area (Å²) in [5, 5.41) is 2.93. The topological polar surface area (TPSA) is 62.4 Å². The third kappa shape index (κ3) is 2.71. The predicted octanol–water partition coefficient (Wildman–Crippen LogP) is 3.29. The van der Waals surface area contributed by atoms with Gasteiger partial charge in [0, 0.05) is 34.9 Å². The van der Waals surface area contributed by atoms with Gasteiger partial charge >= 0.3 is 0 Å². The number of pyridine rings is 1. The van der Waals surface area contributed by atoms with Crippen LogP contribution in [0.3, 0.4) is 0 Å². The highest BCUT2D eigenvalue weighted by molar-refractivity contribution is 7.10. The zero-order valence-corrected chi connectivity index (χ0v) is 15.7. The molecule has 0 bridgehead atoms. The van der Waals surface area contributed by atoms with Crippen LogP contribution in [0.15, 0.2) is 46.6 Å². The van der Waals surface area contributed by atoms with E-state index in [1.54, 1.807) is 11.3 Å². The first-order valence-electron chi connectivity index (χ1n) is 9.28. The van der Waals surface area contributed by atoms with Crippen molar-refractivity contribution in [2.75, 3.05) is 19.7 Å². The van der Waals surface area contributed by atoms with Crippen LogP contribution in [0.1, 0.15) is 33.6 Å². The van der Waals surface area contributed by atoms with Gasteiger partial charge in [-0.25, -0.2) is 0 Å². The number of likely N-dealkylation sites (tertiary alicyclic amines) is 1. The van der Waals surface area contributed by atoms with Crippen molar-refractivity contribution in [2.24, 2.45) is 0 Å². The molecule has 5 nitrogen and oxygen atoms in total. The number of nitrogens with zero attached hydrogens (tertiary/aromatic N) is 1. The highest BCUT2D eigenvalue weighted by Crippen LogP contribution is 2.44. The van der Waals surface area contributed by atoms with E-state index in [0.717, 1.165) is 31.3 Å². The summed E-state index contributed by atoms with van der Waals surface area (Å²) in [6, 6.07) is 11.1. The van der Waals surface area contributed by atoms with Crippen LogP contribution >= 0.6 is 11.3 Å². The fraction of sp³-hybridized carbons (Fsp3) is 0.333. The van der Waals surface area contributed by atoms with Gasteiger partial charge in [-0.2, -0.15) is 0 Å². The zero-order chi connectivity index (χ0) is 18.4. The van der Waals surface area contributed by atoms with Crippen LogP contribution in [0, 0.1) is 0 Å². The van der Waals surface area contributed by atoms with Gasteiger partial charge in [-0.3, -0.25) is 9.59 Å². The van der Waals surface area contributed by atoms with Crippen LogP contribution in [-0.4, -0.2) is 35.5 Å². The number of ether oxygens (including phenoxy) is 1. The Bertz CT molecular complexity index is 1080. The van der Waals surface area contributed by atoms with Gasteiger partial charge in [-0.15, -0.1) is 11.3 Å². The molecule has 0 saturated carbocycles. The van der Waals surface area contributed by atoms with E-state index < -0.39 is 0 Å². The van der Waals surface area contributed by atoms with E-state index in [9.17, 15) is 9.59 Å². The van der Waals surface area contributed by atoms with Crippen molar-refractivity contribution >= 4 is 28.1 Å². The highest BCUT2D eigenvalue weighted by Gasteiger charge is 2.42. The molecular weight excluding hydrogens is 360 g/mol. The molecule has 0 atom stereocenters. The van der Waals surface area contributed by atoms with E-state index in [1.165, 1.54) is 16.5 Å². The maximum absolute atomic E-state index is 13.2. The average molecular weight is 380 g/mol. The van der Waals surface area contributed by atoms with Gasteiger partial charge in [-0.05, 0) is 42.3 Å². The number of H-pyrrole nitrogens is 1. The molecule has 1 spiro atoms. The molecule has 0 aliphatic carbocycles. The van der Waals surface area contributed by atoms with Crippen molar-refractivity contribution in [2.45, 2.75) is 24.9 Å². The molecule has 1 amide bonds. The Morgan fingerprint density at radius 2 is 2.00 bits per heavy atom. The lowest BCUT2D eigenvalue weighted by Gasteiger charge is -2.43. The van der Waals surface area contributed by atoms with Crippen LogP contribution < -0.4 is 5.56 Å². The molecule has 2 aliphatic rings. The molecule has 138 valence electrons. The van der Waals surface area contributed by atoms with E-state index in [-0.39, 0.29) is 17.1 Å². The van der Waals surface area contributed by atoms with E-state index in [2.05, 4.69) is 16.4 Å². The molecule has 0 radical (unpaired) electrons. The molecule has 1 saturated heterocycles. The zero-order valence-electron chi connectivity index (χ0n) is 14.9. The molecule has 1 aromatic carbocycles. The largest absolute Gasteiger partial charge is 0.369 e. The average Bonchev–Trinajstić information content (AvgIpc) is 3.18. The number of fused-ring (bicyclic) bond motifs is 3. The SMILES string of the molecule is O=C(c1cc(=O)[nH]c2ccccc12)N1CCC2(CC1)OCCc1ccsc12. The first-order valence-corrected chi connectivity index (χ1v) is 10.2. The van der Waals surface area contributed by atoms with Crippen molar-refractivity contribution in [1.82, 2.24) is 9.88 Å². The molecule has 1 fully saturated rings. The fourth-order valence-corrected chi connectivity index (χ4v) is 5.52. The first-order chi connectivity index (χ1) is 13.2. The summed E-state index contributed by atoms with van der Waals surface area (Å²) in [7, 11) is 0. The number of thiophene rings is 1. The first kappa shape index (κ1) is 16.7. The minimum atomic E-state index is -0.246. The third-order valence-corrected chi connectivity index (χ3v) is 6.89. The van der Waals surface area contributed by atoms with Gasteiger partial charge in [-0.1, -0.05) is 18.2 Å². The second kappa shape index (κ2) is 6.32. The molecule has 2 aromatic heterocycles. The van der Waals surface area contributed by atoms with E-state index >= 15 is 0 Å². The molecule has 1 N–H and O–H groups in total. The van der Waals surface area contributed by atoms with Crippen LogP contribution in [0.4, 0.5) is 0 Å². The summed E-state index contributed by atoms with van der Waals surface area (Å²) in [5.74, 6) is -0.0747. The lowest BCUT2D eigenvalue weighted by Crippen LogP contribution is -2.48. The van der Waals surface area contributed by atoms with Crippen molar-refractivity contribution in [3.8, 4) is 0 Å². The van der Waals surface area contributed by atoms with Crippen LogP contribution in [0.25, 0.3) is 10.9 Å². The predicted molar refractivity (Wildman–Crippen MR) is 105 cm³/mol. The van der Waals surface area contributed by atoms with Crippen LogP contribution in [0.5, 0.6) is 0 Å². The lowest BCUT2D eigenvalue weighted by atomic mass is 9.85. The van der Waals surface area contributed by atoms with Crippen molar-refractivity contribution in [3.05, 3.63) is 68.1 Å². The summed E-state index contributed by atoms with van der Waals surface area (Å²) in [6.07, 6.45) is 2.57. The highest BCUT2D eigenvalue weighted by atomic mass is 32.1. The third-order valence-electron chi connectivity index (χ3n) is 5.75. The minimum Gasteiger partial charge on any atom is -0.369 e. The number of para-hydroxylation sites is 1. The van der Waals surface area contributed by atoms with Crippen LogP contribution in [-0.2, 0) is 16.8 Å². The maximum atomic E-state index is 13.2. The Hall–Kier alpha value is -2.44. The Balaban J connectivity index is 1.43. The van der Waals surface area contributed by atoms with E-state index in [1.807, 2.05) is 29.2 Å². The number of carbonyl (C=O) groups excluding carboxylic acids is 1. The maximum Gasteiger partial charge on any atom is 0.254 e. The molecule has 5 rings (SSSR count). The van der Waals surface area contributed by atoms with Crippen molar-refractivity contribution in [1.29, 1.82) is 0 Å². The fourth-order valence-electron chi connectivity index (χ4n) is 4.35. The number of hydrogen-bond acceptors (Lipinski definition) is 4. The second-order valence-corrected chi connectivity index (χ2v) is 8.17. The standard InChI is InChI=1S/C21H20N2O3S/c24-18-13-16(15-3-1-2-4-17(15)22-18)20(25)23-9-7-21(8-10-23)19-14(5-11-26-21)6-12-27-19/h1-4,6,12-13H,5,7-11H2,(H,22,24). The number of amides is 1. The Morgan fingerprint density at radius 3 is 2.85 bits per heavy atom. The number of rotatable bonds is 1. The van der Waals surface area contributed by atoms with Gasteiger partial charge in [0.15, 0.2) is 0 Å². The normalized spacial score (nSPS) is 18.6. The number of hydrogen-bond donors (Lipinski definition) is 1. The number of benzene rings is 1. The molecule has 4 heterocycles. The van der Waals surface area contributed by atoms with Crippen LogP contribution in [0.2, 0.25) is 0 Å². The Labute approximate surface area is 160 Å². The molecular formula is C21H20N2O3S. The van der Waals surface area contributed by atoms with E-state index in [4.69, 9.17) is 4.74 Å². The summed E-state index contributed by atoms with van der Waals surface area (Å²) >= 11 is 1.77. The van der Waals surface area contributed by atoms with Gasteiger partial charge in [0.25, 0.3) is 5.91 Å². The molecule has 2 aliphatic heterocycles. The summed E-state index contributed by atoms with van der Waals surface area (Å²) in [5.41, 5.74) is 2.08. The quantitative estimate of drug-likeness (QED) is 0.705. The molecule has 6 heteroatoms. The smallest absolute Gasteiger partial charge is 0.254 e. The van der Waals surface area contributed by atoms with Gasteiger partial charge < -0.3 is 14.6 Å². The number of aromatic nitrogens is 1. The molecule has 0 unspecified atom stereocenters. The number of piperidine rings is 1. The Kier molecular flexibility index (Phi) is 3.91. The summed E-state index contributed by atoms with van der Waals surface area (Å²) < 4.78 is 6.23. The van der Waals surface area contributed by atoms with Gasteiger partial charge in [0.2, 0.25) is 5.56 Å². The van der Waals surface area contributed by atoms with E-state index in [0.29, 0.717) is 24.2 Å². The number of nitrogens with one attached hydrogen (secondary N) is 1. The minimum absolute atomic E-state index is 0.0747. The molecule has 27 heavy (non-hydrogen) atoms. The Morgan fingerprint density at radius 1 is 1.19 bits per heavy atom. The van der Waals surface area contributed by atoms with Gasteiger partial charge in [0.05, 0.1) is 12.2 Å². The number of carbonyl (C=O) groups is 1. The van der Waals surface area contributed by atoms with Crippen molar-refractivity contribution < 1.29 is 9.53 Å². The van der Waals surface area contributed by atoms with Crippen molar-refractivity contribution in [3.63, 3.8) is 0 Å². The summed E-state index contributed by atoms with van der Waals surface area (Å²) in [4.78, 5) is 31.2. The second-order valence-electron chi connectivity index (χ2n) is 7.25. The lowest BCUT2D eigenvalue weighted by molar-refractivity contribution is -0.0906. The monoisotopic (exact) mass is 380 g/mol. The molecule has 3 aromatic rings. The number of aromatic amines is 1. The van der Waals surface area contributed by atoms with Gasteiger partial charge in [0.1, 0.15) is 5.60 Å². The summed E-state index contributed by atoms with van der Waals surface area (Å²) in [6.45, 7) is 2.02.